The molecule has 2 N–H and O–H groups in total. The third kappa shape index (κ3) is 3.29. The zero-order valence-electron chi connectivity index (χ0n) is 13.1. The highest BCUT2D eigenvalue weighted by molar-refractivity contribution is 6.04. The standard InChI is InChI=1S/C15H21N3O4/c1-4-5-8-21-12(19)9-18-13-10(6-7-11(16)17-13)22-15(2,3)14(18)20/h6-7H,4-5,8-9H2,1-3H3,(H2,16,17). The zero-order chi connectivity index (χ0) is 16.3. The van der Waals surface area contributed by atoms with Crippen LogP contribution in [0.15, 0.2) is 12.1 Å². The fraction of sp³-hybridized carbons (Fsp3) is 0.533. The molecule has 7 nitrogen and oxygen atoms in total. The van der Waals surface area contributed by atoms with Crippen LogP contribution in [0.3, 0.4) is 0 Å². The number of unbranched alkanes of at least 4 members (excludes halogenated alkanes) is 1. The highest BCUT2D eigenvalue weighted by Crippen LogP contribution is 2.36. The molecule has 0 aliphatic carbocycles. The molecule has 0 saturated carbocycles. The van der Waals surface area contributed by atoms with Gasteiger partial charge in [-0.3, -0.25) is 14.5 Å². The summed E-state index contributed by atoms with van der Waals surface area (Å²) in [5.41, 5.74) is 4.59. The van der Waals surface area contributed by atoms with Crippen LogP contribution in [-0.2, 0) is 14.3 Å². The molecule has 1 aromatic heterocycles. The van der Waals surface area contributed by atoms with Crippen LogP contribution in [0, 0.1) is 0 Å². The van der Waals surface area contributed by atoms with Crippen molar-refractivity contribution in [2.75, 3.05) is 23.8 Å². The molecule has 0 aromatic carbocycles. The fourth-order valence-corrected chi connectivity index (χ4v) is 2.11. The maximum Gasteiger partial charge on any atom is 0.326 e. The van der Waals surface area contributed by atoms with Crippen molar-refractivity contribution in [3.63, 3.8) is 0 Å². The van der Waals surface area contributed by atoms with Gasteiger partial charge in [-0.15, -0.1) is 0 Å². The van der Waals surface area contributed by atoms with Gasteiger partial charge in [-0.25, -0.2) is 4.98 Å². The number of fused-ring (bicyclic) bond motifs is 1. The smallest absolute Gasteiger partial charge is 0.326 e. The Kier molecular flexibility index (Phi) is 4.54. The lowest BCUT2D eigenvalue weighted by Crippen LogP contribution is -2.54. The Hall–Kier alpha value is -2.31. The molecule has 0 fully saturated rings. The number of carbonyl (C=O) groups is 2. The van der Waals surface area contributed by atoms with E-state index in [2.05, 4.69) is 4.98 Å². The molecule has 0 bridgehead atoms. The Morgan fingerprint density at radius 1 is 1.45 bits per heavy atom. The number of nitrogen functional groups attached to an aromatic ring is 1. The van der Waals surface area contributed by atoms with E-state index in [0.717, 1.165) is 12.8 Å². The minimum atomic E-state index is -1.07. The molecule has 0 radical (unpaired) electrons. The van der Waals surface area contributed by atoms with Crippen molar-refractivity contribution in [1.82, 2.24) is 4.98 Å². The summed E-state index contributed by atoms with van der Waals surface area (Å²) in [6.45, 7) is 5.42. The van der Waals surface area contributed by atoms with Crippen molar-refractivity contribution in [2.24, 2.45) is 0 Å². The summed E-state index contributed by atoms with van der Waals surface area (Å²) < 4.78 is 10.7. The average Bonchev–Trinajstić information content (AvgIpc) is 2.45. The molecule has 120 valence electrons. The van der Waals surface area contributed by atoms with Crippen molar-refractivity contribution in [2.45, 2.75) is 39.2 Å². The molecule has 1 amide bonds. The first-order chi connectivity index (χ1) is 10.3. The second-order valence-corrected chi connectivity index (χ2v) is 5.64. The Morgan fingerprint density at radius 2 is 2.18 bits per heavy atom. The van der Waals surface area contributed by atoms with Gasteiger partial charge in [-0.1, -0.05) is 13.3 Å². The molecule has 2 rings (SSSR count). The van der Waals surface area contributed by atoms with Crippen molar-refractivity contribution < 1.29 is 19.1 Å². The SMILES string of the molecule is CCCCOC(=O)CN1C(=O)C(C)(C)Oc2ccc(N)nc21. The van der Waals surface area contributed by atoms with Gasteiger partial charge in [-0.2, -0.15) is 0 Å². The molecule has 1 aliphatic rings. The minimum absolute atomic E-state index is 0.210. The highest BCUT2D eigenvalue weighted by Gasteiger charge is 2.42. The van der Waals surface area contributed by atoms with E-state index in [0.29, 0.717) is 12.4 Å². The van der Waals surface area contributed by atoms with Crippen molar-refractivity contribution in [1.29, 1.82) is 0 Å². The predicted molar refractivity (Wildman–Crippen MR) is 81.6 cm³/mol. The van der Waals surface area contributed by atoms with E-state index >= 15 is 0 Å². The van der Waals surface area contributed by atoms with Gasteiger partial charge in [0, 0.05) is 0 Å². The Balaban J connectivity index is 2.23. The first kappa shape index (κ1) is 16.1. The van der Waals surface area contributed by atoms with Crippen LogP contribution < -0.4 is 15.4 Å². The van der Waals surface area contributed by atoms with Crippen molar-refractivity contribution in [3.8, 4) is 5.75 Å². The lowest BCUT2D eigenvalue weighted by atomic mass is 10.1. The molecule has 0 saturated heterocycles. The Labute approximate surface area is 129 Å². The summed E-state index contributed by atoms with van der Waals surface area (Å²) >= 11 is 0. The number of pyridine rings is 1. The van der Waals surface area contributed by atoms with E-state index in [1.54, 1.807) is 26.0 Å². The Morgan fingerprint density at radius 3 is 2.86 bits per heavy atom. The van der Waals surface area contributed by atoms with Gasteiger partial charge < -0.3 is 15.2 Å². The van der Waals surface area contributed by atoms with Gasteiger partial charge in [0.25, 0.3) is 5.91 Å². The number of esters is 1. The zero-order valence-corrected chi connectivity index (χ0v) is 13.1. The third-order valence-corrected chi connectivity index (χ3v) is 3.29. The number of hydrogen-bond donors (Lipinski definition) is 1. The van der Waals surface area contributed by atoms with E-state index in [1.165, 1.54) is 4.90 Å². The average molecular weight is 307 g/mol. The first-order valence-electron chi connectivity index (χ1n) is 7.28. The summed E-state index contributed by atoms with van der Waals surface area (Å²) in [5, 5.41) is 0. The summed E-state index contributed by atoms with van der Waals surface area (Å²) in [6, 6.07) is 3.23. The number of rotatable bonds is 5. The van der Waals surface area contributed by atoms with E-state index in [-0.39, 0.29) is 24.1 Å². The van der Waals surface area contributed by atoms with Gasteiger partial charge in [0.2, 0.25) is 0 Å². The molecule has 0 unspecified atom stereocenters. The summed E-state index contributed by atoms with van der Waals surface area (Å²) in [7, 11) is 0. The van der Waals surface area contributed by atoms with Crippen LogP contribution in [0.1, 0.15) is 33.6 Å². The second-order valence-electron chi connectivity index (χ2n) is 5.64. The van der Waals surface area contributed by atoms with Gasteiger partial charge in [0.1, 0.15) is 12.4 Å². The number of ether oxygens (including phenoxy) is 2. The maximum atomic E-state index is 12.5. The number of amides is 1. The quantitative estimate of drug-likeness (QED) is 0.654. The van der Waals surface area contributed by atoms with E-state index in [9.17, 15) is 9.59 Å². The molecule has 1 aromatic rings. The van der Waals surface area contributed by atoms with E-state index in [1.807, 2.05) is 6.92 Å². The topological polar surface area (TPSA) is 94.8 Å². The van der Waals surface area contributed by atoms with Crippen LogP contribution in [0.5, 0.6) is 5.75 Å². The predicted octanol–water partition coefficient (Wildman–Crippen LogP) is 1.51. The van der Waals surface area contributed by atoms with Crippen LogP contribution in [0.4, 0.5) is 11.6 Å². The van der Waals surface area contributed by atoms with E-state index < -0.39 is 11.6 Å². The molecular formula is C15H21N3O4. The van der Waals surface area contributed by atoms with Crippen LogP contribution in [0.2, 0.25) is 0 Å². The number of hydrogen-bond acceptors (Lipinski definition) is 6. The minimum Gasteiger partial charge on any atom is -0.474 e. The van der Waals surface area contributed by atoms with Gasteiger partial charge in [-0.05, 0) is 32.4 Å². The van der Waals surface area contributed by atoms with Gasteiger partial charge >= 0.3 is 5.97 Å². The molecule has 0 atom stereocenters. The largest absolute Gasteiger partial charge is 0.474 e. The number of aromatic nitrogens is 1. The van der Waals surface area contributed by atoms with Crippen molar-refractivity contribution >= 4 is 23.5 Å². The summed E-state index contributed by atoms with van der Waals surface area (Å²) in [4.78, 5) is 29.8. The Bertz CT molecular complexity index is 586. The molecule has 22 heavy (non-hydrogen) atoms. The normalized spacial score (nSPS) is 16.0. The number of carbonyl (C=O) groups excluding carboxylic acids is 2. The third-order valence-electron chi connectivity index (χ3n) is 3.29. The molecule has 7 heteroatoms. The van der Waals surface area contributed by atoms with Crippen LogP contribution in [-0.4, -0.2) is 35.6 Å². The number of nitrogens with zero attached hydrogens (tertiary/aromatic N) is 2. The highest BCUT2D eigenvalue weighted by atomic mass is 16.5. The maximum absolute atomic E-state index is 12.5. The molecule has 1 aliphatic heterocycles. The second kappa shape index (κ2) is 6.21. The summed E-state index contributed by atoms with van der Waals surface area (Å²) in [5.74, 6) is 0.0800. The van der Waals surface area contributed by atoms with Crippen molar-refractivity contribution in [3.05, 3.63) is 12.1 Å². The number of anilines is 2. The van der Waals surface area contributed by atoms with Gasteiger partial charge in [0.15, 0.2) is 17.2 Å². The van der Waals surface area contributed by atoms with Gasteiger partial charge in [0.05, 0.1) is 6.61 Å². The lowest BCUT2D eigenvalue weighted by molar-refractivity contribution is -0.144. The molecule has 0 spiro atoms. The molecular weight excluding hydrogens is 286 g/mol. The van der Waals surface area contributed by atoms with Crippen LogP contribution in [0.25, 0.3) is 0 Å². The fourth-order valence-electron chi connectivity index (χ4n) is 2.11. The first-order valence-corrected chi connectivity index (χ1v) is 7.28. The lowest BCUT2D eigenvalue weighted by Gasteiger charge is -2.37. The van der Waals surface area contributed by atoms with E-state index in [4.69, 9.17) is 15.2 Å². The number of nitrogens with two attached hydrogens (primary N) is 1. The van der Waals surface area contributed by atoms with Crippen LogP contribution >= 0.6 is 0 Å². The molecule has 2 heterocycles. The monoisotopic (exact) mass is 307 g/mol. The summed E-state index contributed by atoms with van der Waals surface area (Å²) in [6.07, 6.45) is 1.72.